The van der Waals surface area contributed by atoms with Crippen LogP contribution in [0, 0.1) is 11.8 Å². The third-order valence-electron chi connectivity index (χ3n) is 1.99. The molecule has 0 aliphatic rings. The maximum Gasteiger partial charge on any atom is 0.309 e. The zero-order valence-electron chi connectivity index (χ0n) is 8.59. The molecule has 4 heteroatoms. The summed E-state index contributed by atoms with van der Waals surface area (Å²) in [5.41, 5.74) is 0. The van der Waals surface area contributed by atoms with Crippen LogP contribution in [0.1, 0.15) is 20.3 Å². The average Bonchev–Trinajstić information content (AvgIpc) is 2.11. The van der Waals surface area contributed by atoms with Crippen LogP contribution in [0.5, 0.6) is 0 Å². The van der Waals surface area contributed by atoms with Crippen LogP contribution < -0.4 is 5.32 Å². The minimum atomic E-state index is -0.343. The van der Waals surface area contributed by atoms with Crippen molar-refractivity contribution >= 4 is 11.9 Å². The fourth-order valence-corrected chi connectivity index (χ4v) is 1.04. The number of esters is 1. The molecule has 0 rings (SSSR count). The second-order valence-corrected chi connectivity index (χ2v) is 3.25. The molecular formula is C9H17NO3. The standard InChI is InChI=1S/C9H17NO3/c1-6(2)7(9(12)13-4)5-8(11)10-3/h6-7H,5H2,1-4H3,(H,10,11). The third-order valence-corrected chi connectivity index (χ3v) is 1.99. The highest BCUT2D eigenvalue weighted by Gasteiger charge is 2.25. The summed E-state index contributed by atoms with van der Waals surface area (Å²) in [5, 5.41) is 2.48. The average molecular weight is 187 g/mol. The van der Waals surface area contributed by atoms with Gasteiger partial charge in [0.25, 0.3) is 0 Å². The molecule has 0 bridgehead atoms. The van der Waals surface area contributed by atoms with Crippen molar-refractivity contribution in [2.75, 3.05) is 14.2 Å². The summed E-state index contributed by atoms with van der Waals surface area (Å²) in [7, 11) is 2.89. The number of ether oxygens (including phenoxy) is 1. The van der Waals surface area contributed by atoms with Crippen molar-refractivity contribution in [3.63, 3.8) is 0 Å². The Hall–Kier alpha value is -1.06. The molecule has 1 N–H and O–H groups in total. The summed E-state index contributed by atoms with van der Waals surface area (Å²) in [6.07, 6.45) is 0.195. The molecule has 13 heavy (non-hydrogen) atoms. The Labute approximate surface area is 78.6 Å². The number of amides is 1. The Bertz CT molecular complexity index is 189. The van der Waals surface area contributed by atoms with Crippen molar-refractivity contribution in [1.82, 2.24) is 5.32 Å². The van der Waals surface area contributed by atoms with E-state index < -0.39 is 0 Å². The van der Waals surface area contributed by atoms with E-state index in [1.165, 1.54) is 7.11 Å². The van der Waals surface area contributed by atoms with Gasteiger partial charge in [-0.1, -0.05) is 13.8 Å². The van der Waals surface area contributed by atoms with Gasteiger partial charge in [0.05, 0.1) is 13.0 Å². The van der Waals surface area contributed by atoms with E-state index in [9.17, 15) is 9.59 Å². The van der Waals surface area contributed by atoms with Crippen LogP contribution in [0.2, 0.25) is 0 Å². The lowest BCUT2D eigenvalue weighted by Crippen LogP contribution is -2.29. The van der Waals surface area contributed by atoms with Gasteiger partial charge >= 0.3 is 5.97 Å². The van der Waals surface area contributed by atoms with Crippen molar-refractivity contribution in [3.8, 4) is 0 Å². The lowest BCUT2D eigenvalue weighted by atomic mass is 9.92. The number of carbonyl (C=O) groups is 2. The van der Waals surface area contributed by atoms with Crippen molar-refractivity contribution < 1.29 is 14.3 Å². The van der Waals surface area contributed by atoms with Gasteiger partial charge in [0.1, 0.15) is 0 Å². The molecule has 0 aromatic heterocycles. The Morgan fingerprint density at radius 2 is 1.92 bits per heavy atom. The number of hydrogen-bond donors (Lipinski definition) is 1. The molecule has 76 valence electrons. The van der Waals surface area contributed by atoms with Gasteiger partial charge in [-0.25, -0.2) is 0 Å². The van der Waals surface area contributed by atoms with Crippen LogP contribution in [-0.4, -0.2) is 26.0 Å². The van der Waals surface area contributed by atoms with E-state index in [-0.39, 0.29) is 30.1 Å². The molecule has 0 fully saturated rings. The molecule has 0 aliphatic heterocycles. The van der Waals surface area contributed by atoms with Crippen LogP contribution in [0.4, 0.5) is 0 Å². The second kappa shape index (κ2) is 5.56. The van der Waals surface area contributed by atoms with Crippen LogP contribution in [0.15, 0.2) is 0 Å². The second-order valence-electron chi connectivity index (χ2n) is 3.25. The fourth-order valence-electron chi connectivity index (χ4n) is 1.04. The zero-order chi connectivity index (χ0) is 10.4. The first-order chi connectivity index (χ1) is 6.02. The van der Waals surface area contributed by atoms with Crippen molar-refractivity contribution in [2.24, 2.45) is 11.8 Å². The molecule has 4 nitrogen and oxygen atoms in total. The number of hydrogen-bond acceptors (Lipinski definition) is 3. The van der Waals surface area contributed by atoms with E-state index in [0.717, 1.165) is 0 Å². The van der Waals surface area contributed by atoms with Gasteiger partial charge in [0, 0.05) is 13.5 Å². The highest BCUT2D eigenvalue weighted by Crippen LogP contribution is 2.16. The van der Waals surface area contributed by atoms with Crippen molar-refractivity contribution in [3.05, 3.63) is 0 Å². The van der Waals surface area contributed by atoms with E-state index in [4.69, 9.17) is 0 Å². The fraction of sp³-hybridized carbons (Fsp3) is 0.778. The molecule has 1 atom stereocenters. The van der Waals surface area contributed by atoms with Crippen LogP contribution in [0.3, 0.4) is 0 Å². The molecule has 0 aromatic carbocycles. The zero-order valence-corrected chi connectivity index (χ0v) is 8.59. The van der Waals surface area contributed by atoms with E-state index in [1.807, 2.05) is 13.8 Å². The van der Waals surface area contributed by atoms with E-state index >= 15 is 0 Å². The Kier molecular flexibility index (Phi) is 5.11. The quantitative estimate of drug-likeness (QED) is 0.654. The molecule has 1 unspecified atom stereocenters. The van der Waals surface area contributed by atoms with Gasteiger partial charge in [0.15, 0.2) is 0 Å². The number of rotatable bonds is 4. The first-order valence-corrected chi connectivity index (χ1v) is 4.31. The summed E-state index contributed by atoms with van der Waals surface area (Å²) in [5.74, 6) is -0.683. The Morgan fingerprint density at radius 3 is 2.23 bits per heavy atom. The van der Waals surface area contributed by atoms with Gasteiger partial charge in [0.2, 0.25) is 5.91 Å². The van der Waals surface area contributed by atoms with Crippen molar-refractivity contribution in [2.45, 2.75) is 20.3 Å². The highest BCUT2D eigenvalue weighted by molar-refractivity contribution is 5.82. The molecule has 1 amide bonds. The minimum Gasteiger partial charge on any atom is -0.469 e. The van der Waals surface area contributed by atoms with E-state index in [2.05, 4.69) is 10.1 Å². The van der Waals surface area contributed by atoms with Gasteiger partial charge < -0.3 is 10.1 Å². The lowest BCUT2D eigenvalue weighted by molar-refractivity contribution is -0.149. The largest absolute Gasteiger partial charge is 0.469 e. The highest BCUT2D eigenvalue weighted by atomic mass is 16.5. The van der Waals surface area contributed by atoms with E-state index in [0.29, 0.717) is 0 Å². The van der Waals surface area contributed by atoms with E-state index in [1.54, 1.807) is 7.05 Å². The van der Waals surface area contributed by atoms with Gasteiger partial charge in [-0.2, -0.15) is 0 Å². The summed E-state index contributed by atoms with van der Waals surface area (Å²) in [6.45, 7) is 3.79. The summed E-state index contributed by atoms with van der Waals surface area (Å²) in [4.78, 5) is 22.2. The number of methoxy groups -OCH3 is 1. The predicted molar refractivity (Wildman–Crippen MR) is 49.0 cm³/mol. The lowest BCUT2D eigenvalue weighted by Gasteiger charge is -2.16. The monoisotopic (exact) mass is 187 g/mol. The summed E-state index contributed by atoms with van der Waals surface area (Å²) >= 11 is 0. The minimum absolute atomic E-state index is 0.116. The van der Waals surface area contributed by atoms with Gasteiger partial charge in [-0.3, -0.25) is 9.59 Å². The first-order valence-electron chi connectivity index (χ1n) is 4.31. The van der Waals surface area contributed by atoms with Gasteiger partial charge in [-0.05, 0) is 5.92 Å². The topological polar surface area (TPSA) is 55.4 Å². The molecule has 0 saturated carbocycles. The number of nitrogens with one attached hydrogen (secondary N) is 1. The maximum absolute atomic E-state index is 11.2. The summed E-state index contributed by atoms with van der Waals surface area (Å²) in [6, 6.07) is 0. The molecule has 0 saturated heterocycles. The van der Waals surface area contributed by atoms with Gasteiger partial charge in [-0.15, -0.1) is 0 Å². The third kappa shape index (κ3) is 3.92. The molecule has 0 spiro atoms. The SMILES string of the molecule is CNC(=O)CC(C(=O)OC)C(C)C. The molecule has 0 heterocycles. The smallest absolute Gasteiger partial charge is 0.309 e. The van der Waals surface area contributed by atoms with Crippen molar-refractivity contribution in [1.29, 1.82) is 0 Å². The molecule has 0 radical (unpaired) electrons. The predicted octanol–water partition coefficient (Wildman–Crippen LogP) is 0.568. The molecule has 0 aliphatic carbocycles. The van der Waals surface area contributed by atoms with Crippen LogP contribution in [-0.2, 0) is 14.3 Å². The normalized spacial score (nSPS) is 12.4. The van der Waals surface area contributed by atoms with Crippen LogP contribution >= 0.6 is 0 Å². The molecular weight excluding hydrogens is 170 g/mol. The Morgan fingerprint density at radius 1 is 1.38 bits per heavy atom. The summed E-state index contributed by atoms with van der Waals surface area (Å²) < 4.78 is 4.60. The van der Waals surface area contributed by atoms with Crippen LogP contribution in [0.25, 0.3) is 0 Å². The Balaban J connectivity index is 4.26. The maximum atomic E-state index is 11.2. The molecule has 0 aromatic rings. The first kappa shape index (κ1) is 11.9. The number of carbonyl (C=O) groups excluding carboxylic acids is 2.